The summed E-state index contributed by atoms with van der Waals surface area (Å²) >= 11 is 0. The number of aromatic nitrogens is 1. The highest BCUT2D eigenvalue weighted by Gasteiger charge is 2.01. The normalized spacial score (nSPS) is 11.9. The Labute approximate surface area is 117 Å². The molecule has 5 nitrogen and oxygen atoms in total. The Hall–Kier alpha value is -2.11. The van der Waals surface area contributed by atoms with Crippen molar-refractivity contribution in [1.29, 1.82) is 0 Å². The number of benzene rings is 1. The van der Waals surface area contributed by atoms with Gasteiger partial charge < -0.3 is 20.3 Å². The first-order valence-electron chi connectivity index (χ1n) is 6.42. The number of aliphatic hydroxyl groups is 2. The van der Waals surface area contributed by atoms with Gasteiger partial charge in [0.2, 0.25) is 0 Å². The van der Waals surface area contributed by atoms with E-state index in [9.17, 15) is 5.11 Å². The Balaban J connectivity index is 1.82. The van der Waals surface area contributed by atoms with Gasteiger partial charge in [-0.15, -0.1) is 0 Å². The van der Waals surface area contributed by atoms with E-state index in [1.54, 1.807) is 12.4 Å². The molecule has 1 heterocycles. The summed E-state index contributed by atoms with van der Waals surface area (Å²) in [6.45, 7) is 0.562. The number of pyridine rings is 1. The monoisotopic (exact) mass is 274 g/mol. The molecule has 2 rings (SSSR count). The molecular formula is C15H18N2O3. The summed E-state index contributed by atoms with van der Waals surface area (Å²) in [6.07, 6.45) is 2.72. The predicted molar refractivity (Wildman–Crippen MR) is 76.6 cm³/mol. The summed E-state index contributed by atoms with van der Waals surface area (Å²) < 4.78 is 5.65. The van der Waals surface area contributed by atoms with E-state index in [-0.39, 0.29) is 6.61 Å². The van der Waals surface area contributed by atoms with Gasteiger partial charge >= 0.3 is 0 Å². The molecule has 1 atom stereocenters. The quantitative estimate of drug-likeness (QED) is 0.712. The minimum atomic E-state index is -0.752. The third kappa shape index (κ3) is 4.53. The van der Waals surface area contributed by atoms with Crippen LogP contribution >= 0.6 is 0 Å². The van der Waals surface area contributed by atoms with Gasteiger partial charge in [0.25, 0.3) is 0 Å². The van der Waals surface area contributed by atoms with Crippen LogP contribution in [0.1, 0.15) is 5.56 Å². The molecule has 3 N–H and O–H groups in total. The van der Waals surface area contributed by atoms with Crippen molar-refractivity contribution >= 4 is 5.69 Å². The average molecular weight is 274 g/mol. The van der Waals surface area contributed by atoms with Crippen molar-refractivity contribution < 1.29 is 14.9 Å². The molecule has 2 aromatic rings. The van der Waals surface area contributed by atoms with Crippen LogP contribution < -0.4 is 10.1 Å². The van der Waals surface area contributed by atoms with E-state index in [4.69, 9.17) is 9.84 Å². The number of nitrogens with zero attached hydrogens (tertiary/aromatic N) is 1. The second kappa shape index (κ2) is 7.47. The summed E-state index contributed by atoms with van der Waals surface area (Å²) in [7, 11) is 0. The maximum absolute atomic E-state index is 9.24. The van der Waals surface area contributed by atoms with Crippen molar-refractivity contribution in [2.45, 2.75) is 12.7 Å². The Kier molecular flexibility index (Phi) is 5.34. The van der Waals surface area contributed by atoms with Crippen LogP contribution in [-0.4, -0.2) is 34.5 Å². The van der Waals surface area contributed by atoms with E-state index in [1.165, 1.54) is 0 Å². The Morgan fingerprint density at radius 3 is 2.45 bits per heavy atom. The summed E-state index contributed by atoms with van der Waals surface area (Å²) in [5, 5.41) is 21.0. The molecule has 0 aliphatic heterocycles. The third-order valence-corrected chi connectivity index (χ3v) is 2.76. The van der Waals surface area contributed by atoms with E-state index < -0.39 is 6.10 Å². The van der Waals surface area contributed by atoms with Gasteiger partial charge in [0.15, 0.2) is 0 Å². The maximum Gasteiger partial charge on any atom is 0.119 e. The third-order valence-electron chi connectivity index (χ3n) is 2.76. The number of rotatable bonds is 7. The summed E-state index contributed by atoms with van der Waals surface area (Å²) in [6, 6.07) is 11.3. The van der Waals surface area contributed by atoms with Crippen LogP contribution in [0.15, 0.2) is 48.8 Å². The molecule has 20 heavy (non-hydrogen) atoms. The SMILES string of the molecule is OCC(O)CNc1ccc(OCc2ccncc2)cc1. The van der Waals surface area contributed by atoms with E-state index in [0.717, 1.165) is 17.0 Å². The average Bonchev–Trinajstić information content (AvgIpc) is 2.52. The van der Waals surface area contributed by atoms with Crippen LogP contribution in [0, 0.1) is 0 Å². The number of anilines is 1. The van der Waals surface area contributed by atoms with Crippen molar-refractivity contribution in [1.82, 2.24) is 4.98 Å². The fraction of sp³-hybridized carbons (Fsp3) is 0.267. The van der Waals surface area contributed by atoms with Gasteiger partial charge in [-0.05, 0) is 42.0 Å². The number of hydrogen-bond donors (Lipinski definition) is 3. The van der Waals surface area contributed by atoms with Gasteiger partial charge in [-0.3, -0.25) is 4.98 Å². The minimum absolute atomic E-state index is 0.250. The second-order valence-electron chi connectivity index (χ2n) is 4.39. The Morgan fingerprint density at radius 2 is 1.80 bits per heavy atom. The zero-order valence-electron chi connectivity index (χ0n) is 11.1. The summed E-state index contributed by atoms with van der Waals surface area (Å²) in [4.78, 5) is 3.95. The van der Waals surface area contributed by atoms with Crippen LogP contribution in [0.2, 0.25) is 0 Å². The Morgan fingerprint density at radius 1 is 1.10 bits per heavy atom. The van der Waals surface area contributed by atoms with Crippen molar-refractivity contribution in [3.05, 3.63) is 54.4 Å². The standard InChI is InChI=1S/C15H18N2O3/c18-10-14(19)9-17-13-1-3-15(4-2-13)20-11-12-5-7-16-8-6-12/h1-8,14,17-19H,9-11H2. The van der Waals surface area contributed by atoms with E-state index >= 15 is 0 Å². The maximum atomic E-state index is 9.24. The van der Waals surface area contributed by atoms with Crippen LogP contribution in [0.25, 0.3) is 0 Å². The highest BCUT2D eigenvalue weighted by atomic mass is 16.5. The Bertz CT molecular complexity index is 502. The molecule has 1 unspecified atom stereocenters. The molecule has 5 heteroatoms. The van der Waals surface area contributed by atoms with Gasteiger partial charge in [0.05, 0.1) is 12.7 Å². The number of ether oxygens (including phenoxy) is 1. The summed E-state index contributed by atoms with van der Waals surface area (Å²) in [5.41, 5.74) is 1.93. The number of nitrogens with one attached hydrogen (secondary N) is 1. The molecule has 0 amide bonds. The van der Waals surface area contributed by atoms with Gasteiger partial charge in [-0.25, -0.2) is 0 Å². The van der Waals surface area contributed by atoms with E-state index in [2.05, 4.69) is 10.3 Å². The lowest BCUT2D eigenvalue weighted by Crippen LogP contribution is -2.22. The first-order chi connectivity index (χ1) is 9.78. The highest BCUT2D eigenvalue weighted by molar-refractivity contribution is 5.46. The van der Waals surface area contributed by atoms with Crippen molar-refractivity contribution in [3.63, 3.8) is 0 Å². The molecule has 0 bridgehead atoms. The van der Waals surface area contributed by atoms with Crippen molar-refractivity contribution in [2.75, 3.05) is 18.5 Å². The first-order valence-corrected chi connectivity index (χ1v) is 6.42. The molecule has 0 aliphatic carbocycles. The second-order valence-corrected chi connectivity index (χ2v) is 4.39. The minimum Gasteiger partial charge on any atom is -0.489 e. The molecule has 0 saturated carbocycles. The molecule has 0 fully saturated rings. The topological polar surface area (TPSA) is 74.6 Å². The van der Waals surface area contributed by atoms with Crippen LogP contribution in [0.4, 0.5) is 5.69 Å². The van der Waals surface area contributed by atoms with E-state index in [0.29, 0.717) is 13.2 Å². The molecule has 0 radical (unpaired) electrons. The number of aliphatic hydroxyl groups excluding tert-OH is 2. The lowest BCUT2D eigenvalue weighted by Gasteiger charge is -2.11. The van der Waals surface area contributed by atoms with Crippen LogP contribution in [0.5, 0.6) is 5.75 Å². The fourth-order valence-electron chi connectivity index (χ4n) is 1.61. The molecule has 0 aliphatic rings. The predicted octanol–water partition coefficient (Wildman–Crippen LogP) is 1.43. The lowest BCUT2D eigenvalue weighted by molar-refractivity contribution is 0.105. The number of hydrogen-bond acceptors (Lipinski definition) is 5. The molecule has 106 valence electrons. The zero-order chi connectivity index (χ0) is 14.2. The van der Waals surface area contributed by atoms with Crippen LogP contribution in [0.3, 0.4) is 0 Å². The van der Waals surface area contributed by atoms with Gasteiger partial charge in [0.1, 0.15) is 12.4 Å². The molecule has 1 aromatic heterocycles. The molecule has 1 aromatic carbocycles. The first kappa shape index (κ1) is 14.3. The fourth-order valence-corrected chi connectivity index (χ4v) is 1.61. The van der Waals surface area contributed by atoms with Crippen molar-refractivity contribution in [2.24, 2.45) is 0 Å². The smallest absolute Gasteiger partial charge is 0.119 e. The highest BCUT2D eigenvalue weighted by Crippen LogP contribution is 2.16. The lowest BCUT2D eigenvalue weighted by atomic mass is 10.2. The van der Waals surface area contributed by atoms with Crippen molar-refractivity contribution in [3.8, 4) is 5.75 Å². The van der Waals surface area contributed by atoms with Crippen LogP contribution in [-0.2, 0) is 6.61 Å². The zero-order valence-corrected chi connectivity index (χ0v) is 11.1. The molecule has 0 saturated heterocycles. The molecule has 0 spiro atoms. The van der Waals surface area contributed by atoms with E-state index in [1.807, 2.05) is 36.4 Å². The van der Waals surface area contributed by atoms with Gasteiger partial charge in [-0.1, -0.05) is 0 Å². The largest absolute Gasteiger partial charge is 0.489 e. The van der Waals surface area contributed by atoms with Gasteiger partial charge in [0, 0.05) is 24.6 Å². The summed E-state index contributed by atoms with van der Waals surface area (Å²) in [5.74, 6) is 0.773. The molecular weight excluding hydrogens is 256 g/mol. The van der Waals surface area contributed by atoms with Gasteiger partial charge in [-0.2, -0.15) is 0 Å².